The van der Waals surface area contributed by atoms with E-state index >= 15 is 0 Å². The molecule has 2 atom stereocenters. The smallest absolute Gasteiger partial charge is 0.340 e. The first-order valence-electron chi connectivity index (χ1n) is 23.0. The summed E-state index contributed by atoms with van der Waals surface area (Å²) in [6.07, 6.45) is 0.778. The maximum atomic E-state index is 11.3. The molecule has 0 saturated carbocycles. The number of rotatable bonds is 17. The number of oxime groups is 2. The van der Waals surface area contributed by atoms with E-state index in [0.29, 0.717) is 83.3 Å². The number of fused-ring (bicyclic) bond motifs is 2. The summed E-state index contributed by atoms with van der Waals surface area (Å²) in [4.78, 5) is 41.6. The number of carbonyl (C=O) groups is 2. The molecule has 71 heavy (non-hydrogen) atoms. The molecule has 4 aliphatic rings. The van der Waals surface area contributed by atoms with Crippen LogP contribution in [0.1, 0.15) is 69.8 Å². The van der Waals surface area contributed by atoms with Crippen molar-refractivity contribution >= 4 is 23.4 Å². The third kappa shape index (κ3) is 10.5. The average Bonchev–Trinajstić information content (AvgIpc) is 4.24. The highest BCUT2D eigenvalue weighted by Crippen LogP contribution is 2.46. The van der Waals surface area contributed by atoms with Crippen LogP contribution in [0.3, 0.4) is 0 Å². The van der Waals surface area contributed by atoms with Crippen LogP contribution in [0.2, 0.25) is 0 Å². The average molecular weight is 965 g/mol. The van der Waals surface area contributed by atoms with Gasteiger partial charge in [-0.1, -0.05) is 71.0 Å². The van der Waals surface area contributed by atoms with Crippen LogP contribution in [0.15, 0.2) is 107 Å². The Hall–Kier alpha value is -7.86. The van der Waals surface area contributed by atoms with E-state index in [-0.39, 0.29) is 50.5 Å². The molecule has 1 N–H and O–H groups in total. The second kappa shape index (κ2) is 21.8. The van der Waals surface area contributed by atoms with Gasteiger partial charge in [0.2, 0.25) is 0 Å². The van der Waals surface area contributed by atoms with Gasteiger partial charge in [0.05, 0.1) is 37.4 Å². The molecule has 4 aliphatic heterocycles. The number of pyridine rings is 2. The lowest BCUT2D eigenvalue weighted by atomic mass is 9.92. The number of nitrogens with zero attached hydrogens (tertiary/aromatic N) is 4. The van der Waals surface area contributed by atoms with Gasteiger partial charge in [-0.25, -0.2) is 19.6 Å². The minimum absolute atomic E-state index is 0.108. The van der Waals surface area contributed by atoms with E-state index in [1.165, 1.54) is 0 Å². The summed E-state index contributed by atoms with van der Waals surface area (Å²) >= 11 is 0. The SMILES string of the molecule is COC(c1ccc(O)c(-c2ccccc2)n1)c1c(C)cc(OCC2=NOC(=O)C2)c2c1CCO2.COCOc1ccc(C(OC)c2c(C)cc(OCC3=NOC(=O)C3)c3c2CCO3)nc1-c1ccccc1. The van der Waals surface area contributed by atoms with Crippen molar-refractivity contribution in [3.05, 3.63) is 142 Å². The zero-order valence-electron chi connectivity index (χ0n) is 39.9. The molecule has 17 heteroatoms. The minimum Gasteiger partial charge on any atom is -0.506 e. The minimum atomic E-state index is -0.460. The Kier molecular flexibility index (Phi) is 14.8. The van der Waals surface area contributed by atoms with Crippen LogP contribution in [0, 0.1) is 13.8 Å². The summed E-state index contributed by atoms with van der Waals surface area (Å²) in [5.74, 6) is 2.50. The number of benzene rings is 4. The maximum Gasteiger partial charge on any atom is 0.340 e. The summed E-state index contributed by atoms with van der Waals surface area (Å²) in [5, 5.41) is 17.9. The first-order valence-corrected chi connectivity index (χ1v) is 23.0. The molecule has 2 aromatic heterocycles. The van der Waals surface area contributed by atoms with Crippen LogP contribution < -0.4 is 23.7 Å². The number of hydrogen-bond acceptors (Lipinski definition) is 17. The Bertz CT molecular complexity index is 3000. The van der Waals surface area contributed by atoms with Gasteiger partial charge in [0.25, 0.3) is 0 Å². The molecule has 4 aromatic carbocycles. The van der Waals surface area contributed by atoms with Crippen molar-refractivity contribution in [2.45, 2.75) is 51.7 Å². The Labute approximate surface area is 409 Å². The topological polar surface area (TPSA) is 197 Å². The summed E-state index contributed by atoms with van der Waals surface area (Å²) < 4.78 is 46.7. The summed E-state index contributed by atoms with van der Waals surface area (Å²) in [5.41, 5.74) is 11.4. The fraction of sp³-hybridized carbons (Fsp3) is 0.296. The Morgan fingerprint density at radius 1 is 0.592 bits per heavy atom. The molecule has 0 amide bonds. The van der Waals surface area contributed by atoms with Crippen molar-refractivity contribution in [2.75, 3.05) is 54.5 Å². The second-order valence-electron chi connectivity index (χ2n) is 16.9. The van der Waals surface area contributed by atoms with Crippen LogP contribution >= 0.6 is 0 Å². The number of methoxy groups -OCH3 is 3. The van der Waals surface area contributed by atoms with Crippen LogP contribution in [0.25, 0.3) is 22.5 Å². The summed E-state index contributed by atoms with van der Waals surface area (Å²) in [7, 11) is 4.89. The number of aromatic nitrogens is 2. The van der Waals surface area contributed by atoms with Gasteiger partial charge in [0, 0.05) is 56.4 Å². The second-order valence-corrected chi connectivity index (χ2v) is 16.9. The molecule has 0 fully saturated rings. The molecule has 2 unspecified atom stereocenters. The standard InChI is InChI=1S/C28H28N2O7.C26H24N2O6/c1-17-13-23(35-15-19-14-24(31)37-30-19)27-20(11-12-34-27)25(17)28(33-3)21-9-10-22(36-16-32-2)26(29-21)18-7-5-4-6-8-18;1-15-12-21(33-14-17-13-22(30)34-28-17)25-18(10-11-32-25)23(15)26(31-2)19-8-9-20(29)24(27-19)16-6-4-3-5-7-16/h4-10,13,28H,11-12,14-16H2,1-3H3;3-9,12,26,29H,10-11,13-14H2,1-2H3. The van der Waals surface area contributed by atoms with Crippen molar-refractivity contribution in [3.8, 4) is 57.0 Å². The van der Waals surface area contributed by atoms with Crippen molar-refractivity contribution in [2.24, 2.45) is 10.3 Å². The van der Waals surface area contributed by atoms with Crippen molar-refractivity contribution in [3.63, 3.8) is 0 Å². The van der Waals surface area contributed by atoms with Gasteiger partial charge in [-0.15, -0.1) is 0 Å². The number of carbonyl (C=O) groups excluding carboxylic acids is 2. The molecular formula is C54H52N4O13. The van der Waals surface area contributed by atoms with E-state index in [0.717, 1.165) is 50.2 Å². The van der Waals surface area contributed by atoms with Gasteiger partial charge in [0.15, 0.2) is 29.8 Å². The lowest BCUT2D eigenvalue weighted by Gasteiger charge is -2.23. The number of hydrogen-bond donors (Lipinski definition) is 1. The molecular weight excluding hydrogens is 913 g/mol. The van der Waals surface area contributed by atoms with Crippen molar-refractivity contribution < 1.29 is 62.3 Å². The maximum absolute atomic E-state index is 11.3. The van der Waals surface area contributed by atoms with Crippen LogP contribution in [-0.4, -0.2) is 93.0 Å². The third-order valence-electron chi connectivity index (χ3n) is 12.2. The first kappa shape index (κ1) is 48.2. The van der Waals surface area contributed by atoms with E-state index < -0.39 is 12.2 Å². The largest absolute Gasteiger partial charge is 0.506 e. The van der Waals surface area contributed by atoms with E-state index in [9.17, 15) is 14.7 Å². The predicted octanol–water partition coefficient (Wildman–Crippen LogP) is 8.51. The zero-order valence-corrected chi connectivity index (χ0v) is 39.9. The number of ether oxygens (including phenoxy) is 8. The molecule has 0 bridgehead atoms. The van der Waals surface area contributed by atoms with Crippen molar-refractivity contribution in [1.29, 1.82) is 0 Å². The van der Waals surface area contributed by atoms with Gasteiger partial charge in [-0.05, 0) is 72.5 Å². The van der Waals surface area contributed by atoms with Crippen LogP contribution in [0.4, 0.5) is 0 Å². The molecule has 0 aliphatic carbocycles. The molecule has 0 radical (unpaired) electrons. The first-order chi connectivity index (χ1) is 34.6. The molecule has 0 saturated heterocycles. The van der Waals surface area contributed by atoms with Gasteiger partial charge in [-0.2, -0.15) is 0 Å². The third-order valence-corrected chi connectivity index (χ3v) is 12.2. The van der Waals surface area contributed by atoms with Crippen molar-refractivity contribution in [1.82, 2.24) is 9.97 Å². The highest BCUT2D eigenvalue weighted by atomic mass is 16.7. The molecule has 6 heterocycles. The van der Waals surface area contributed by atoms with E-state index in [1.54, 1.807) is 33.5 Å². The Balaban J connectivity index is 0.000000176. The van der Waals surface area contributed by atoms with E-state index in [2.05, 4.69) is 20.0 Å². The Morgan fingerprint density at radius 3 is 1.54 bits per heavy atom. The van der Waals surface area contributed by atoms with Gasteiger partial charge in [-0.3, -0.25) is 0 Å². The van der Waals surface area contributed by atoms with E-state index in [4.69, 9.17) is 47.9 Å². The highest BCUT2D eigenvalue weighted by Gasteiger charge is 2.32. The van der Waals surface area contributed by atoms with Gasteiger partial charge >= 0.3 is 11.9 Å². The quantitative estimate of drug-likeness (QED) is 0.0674. The molecule has 366 valence electrons. The lowest BCUT2D eigenvalue weighted by Crippen LogP contribution is -2.13. The normalized spacial score (nSPS) is 15.2. The fourth-order valence-electron chi connectivity index (χ4n) is 8.98. The molecule has 0 spiro atoms. The molecule has 17 nitrogen and oxygen atoms in total. The molecule has 10 rings (SSSR count). The number of aromatic hydroxyl groups is 1. The monoisotopic (exact) mass is 964 g/mol. The van der Waals surface area contributed by atoms with Gasteiger partial charge in [0.1, 0.15) is 59.7 Å². The predicted molar refractivity (Wildman–Crippen MR) is 259 cm³/mol. The highest BCUT2D eigenvalue weighted by molar-refractivity contribution is 6.03. The summed E-state index contributed by atoms with van der Waals surface area (Å²) in [6, 6.07) is 30.5. The fourth-order valence-corrected chi connectivity index (χ4v) is 8.98. The number of aryl methyl sites for hydroxylation is 2. The summed E-state index contributed by atoms with van der Waals surface area (Å²) in [6.45, 7) is 5.48. The molecule has 6 aromatic rings. The Morgan fingerprint density at radius 2 is 1.07 bits per heavy atom. The van der Waals surface area contributed by atoms with Crippen LogP contribution in [-0.2, 0) is 46.3 Å². The lowest BCUT2D eigenvalue weighted by molar-refractivity contribution is -0.140. The van der Waals surface area contributed by atoms with Crippen LogP contribution in [0.5, 0.6) is 34.5 Å². The van der Waals surface area contributed by atoms with Gasteiger partial charge < -0.3 is 52.7 Å². The zero-order chi connectivity index (χ0) is 49.4. The van der Waals surface area contributed by atoms with E-state index in [1.807, 2.05) is 98.8 Å².